The topological polar surface area (TPSA) is 237 Å². The van der Waals surface area contributed by atoms with E-state index >= 15 is 0 Å². The fourth-order valence-corrected chi connectivity index (χ4v) is 13.2. The number of rotatable bonds is 75. The molecule has 0 saturated carbocycles. The Morgan fingerprint density at radius 3 is 0.800 bits per heavy atom. The standard InChI is InChI=1S/C76H148O17P2/c1-7-10-12-14-16-17-18-19-20-21-22-23-24-25-26-29-36-42-48-54-60-75(80)93-72(65-87-74(79)59-53-47-41-35-30-27-28-33-39-44-50-56-68(4)5)67-91-95(84,85)89-63-70(77)62-88-94(82,83)90-66-71(64-86-73(78)58-52-46-38-15-13-11-8-2)92-76(81)61-55-49-43-37-32-31-34-40-45-51-57-69(6)9-3/h68-72,77H,7-67H2,1-6H3,(H,82,83)(H,84,85)/t69?,70-,71+,72+/m0/s1. The summed E-state index contributed by atoms with van der Waals surface area (Å²) >= 11 is 0. The fourth-order valence-electron chi connectivity index (χ4n) is 11.6. The van der Waals surface area contributed by atoms with E-state index in [4.69, 9.17) is 37.0 Å². The second-order valence-corrected chi connectivity index (χ2v) is 31.0. The Hall–Kier alpha value is -1.94. The van der Waals surface area contributed by atoms with Gasteiger partial charge in [0.05, 0.1) is 26.4 Å². The maximum atomic E-state index is 13.1. The van der Waals surface area contributed by atoms with E-state index in [9.17, 15) is 43.2 Å². The van der Waals surface area contributed by atoms with E-state index in [0.717, 1.165) is 115 Å². The van der Waals surface area contributed by atoms with Crippen LogP contribution in [0.1, 0.15) is 395 Å². The number of unbranched alkanes of at least 4 members (excludes halogenated alkanes) is 44. The Morgan fingerprint density at radius 2 is 0.537 bits per heavy atom. The van der Waals surface area contributed by atoms with Crippen molar-refractivity contribution in [3.8, 4) is 0 Å². The molecule has 0 radical (unpaired) electrons. The third kappa shape index (κ3) is 69.0. The lowest BCUT2D eigenvalue weighted by Gasteiger charge is -2.21. The van der Waals surface area contributed by atoms with Gasteiger partial charge in [-0.15, -0.1) is 0 Å². The highest BCUT2D eigenvalue weighted by Crippen LogP contribution is 2.45. The average molecular weight is 1400 g/mol. The molecule has 0 aliphatic heterocycles. The summed E-state index contributed by atoms with van der Waals surface area (Å²) in [6, 6.07) is 0. The molecule has 0 rings (SSSR count). The Balaban J connectivity index is 5.18. The summed E-state index contributed by atoms with van der Waals surface area (Å²) in [4.78, 5) is 72.7. The lowest BCUT2D eigenvalue weighted by Crippen LogP contribution is -2.30. The quantitative estimate of drug-likeness (QED) is 0.0222. The third-order valence-corrected chi connectivity index (χ3v) is 20.0. The largest absolute Gasteiger partial charge is 0.472 e. The minimum atomic E-state index is -4.96. The first-order valence-corrected chi connectivity index (χ1v) is 42.5. The van der Waals surface area contributed by atoms with Crippen molar-refractivity contribution in [3.05, 3.63) is 0 Å². The van der Waals surface area contributed by atoms with Crippen LogP contribution in [0.15, 0.2) is 0 Å². The number of esters is 4. The van der Waals surface area contributed by atoms with E-state index < -0.39 is 97.5 Å². The van der Waals surface area contributed by atoms with Gasteiger partial charge in [-0.05, 0) is 37.5 Å². The van der Waals surface area contributed by atoms with Gasteiger partial charge < -0.3 is 33.8 Å². The van der Waals surface area contributed by atoms with Gasteiger partial charge in [0.1, 0.15) is 19.3 Å². The minimum Gasteiger partial charge on any atom is -0.462 e. The van der Waals surface area contributed by atoms with Gasteiger partial charge in [-0.3, -0.25) is 37.3 Å². The number of hydrogen-bond acceptors (Lipinski definition) is 15. The fraction of sp³-hybridized carbons (Fsp3) is 0.947. The van der Waals surface area contributed by atoms with E-state index in [1.54, 1.807) is 0 Å². The number of phosphoric acid groups is 2. The monoisotopic (exact) mass is 1400 g/mol. The molecule has 0 aromatic heterocycles. The predicted octanol–water partition coefficient (Wildman–Crippen LogP) is 22.3. The highest BCUT2D eigenvalue weighted by molar-refractivity contribution is 7.47. The second-order valence-electron chi connectivity index (χ2n) is 28.1. The molecule has 0 aromatic carbocycles. The molecule has 3 N–H and O–H groups in total. The molecular formula is C76H148O17P2. The zero-order chi connectivity index (χ0) is 70.0. The van der Waals surface area contributed by atoms with Crippen molar-refractivity contribution >= 4 is 39.5 Å². The van der Waals surface area contributed by atoms with Crippen LogP contribution in [0.3, 0.4) is 0 Å². The van der Waals surface area contributed by atoms with E-state index in [2.05, 4.69) is 41.5 Å². The normalized spacial score (nSPS) is 14.3. The van der Waals surface area contributed by atoms with Crippen LogP contribution in [-0.2, 0) is 65.4 Å². The maximum Gasteiger partial charge on any atom is 0.472 e. The van der Waals surface area contributed by atoms with Crippen LogP contribution < -0.4 is 0 Å². The molecule has 0 aromatic rings. The Bertz CT molecular complexity index is 1840. The summed E-state index contributed by atoms with van der Waals surface area (Å²) in [7, 11) is -9.91. The molecule has 17 nitrogen and oxygen atoms in total. The highest BCUT2D eigenvalue weighted by atomic mass is 31.2. The van der Waals surface area contributed by atoms with Crippen LogP contribution >= 0.6 is 15.6 Å². The summed E-state index contributed by atoms with van der Waals surface area (Å²) in [5, 5.41) is 10.6. The first-order chi connectivity index (χ1) is 45.9. The highest BCUT2D eigenvalue weighted by Gasteiger charge is 2.30. The van der Waals surface area contributed by atoms with Crippen LogP contribution in [-0.4, -0.2) is 96.7 Å². The van der Waals surface area contributed by atoms with Crippen LogP contribution in [0.5, 0.6) is 0 Å². The van der Waals surface area contributed by atoms with Crippen molar-refractivity contribution < 1.29 is 80.2 Å². The molecule has 0 bridgehead atoms. The third-order valence-electron chi connectivity index (χ3n) is 18.1. The molecule has 0 aliphatic carbocycles. The van der Waals surface area contributed by atoms with E-state index in [1.807, 2.05) is 0 Å². The van der Waals surface area contributed by atoms with Gasteiger partial charge in [-0.1, -0.05) is 343 Å². The summed E-state index contributed by atoms with van der Waals surface area (Å²) in [5.41, 5.74) is 0. The Kier molecular flexibility index (Phi) is 66.5. The van der Waals surface area contributed by atoms with E-state index in [0.29, 0.717) is 25.7 Å². The van der Waals surface area contributed by atoms with Crippen LogP contribution in [0.25, 0.3) is 0 Å². The molecule has 564 valence electrons. The molecule has 3 unspecified atom stereocenters. The number of ether oxygens (including phenoxy) is 4. The number of aliphatic hydroxyl groups excluding tert-OH is 1. The Morgan fingerprint density at radius 1 is 0.305 bits per heavy atom. The number of aliphatic hydroxyl groups is 1. The Labute approximate surface area is 581 Å². The number of carbonyl (C=O) groups excluding carboxylic acids is 4. The SMILES string of the molecule is CCCCCCCCCCCCCCCCCCCCCCC(=O)O[C@H](COC(=O)CCCCCCCCCCCCCC(C)C)COP(=O)(O)OC[C@@H](O)COP(=O)(O)OC[C@@H](COC(=O)CCCCCCCCC)OC(=O)CCCCCCCCCCCCC(C)CC. The summed E-state index contributed by atoms with van der Waals surface area (Å²) in [6.07, 6.45) is 55.6. The van der Waals surface area contributed by atoms with Crippen molar-refractivity contribution in [2.24, 2.45) is 11.8 Å². The van der Waals surface area contributed by atoms with Gasteiger partial charge in [-0.25, -0.2) is 9.13 Å². The summed E-state index contributed by atoms with van der Waals surface area (Å²) in [6.45, 7) is 9.58. The lowest BCUT2D eigenvalue weighted by atomic mass is 9.99. The smallest absolute Gasteiger partial charge is 0.462 e. The minimum absolute atomic E-state index is 0.106. The van der Waals surface area contributed by atoms with Crippen molar-refractivity contribution in [1.29, 1.82) is 0 Å². The van der Waals surface area contributed by atoms with Gasteiger partial charge in [0.2, 0.25) is 0 Å². The average Bonchev–Trinajstić information content (AvgIpc) is 2.82. The van der Waals surface area contributed by atoms with Crippen molar-refractivity contribution in [1.82, 2.24) is 0 Å². The molecule has 6 atom stereocenters. The zero-order valence-electron chi connectivity index (χ0n) is 62.0. The first-order valence-electron chi connectivity index (χ1n) is 39.5. The van der Waals surface area contributed by atoms with Crippen LogP contribution in [0.2, 0.25) is 0 Å². The van der Waals surface area contributed by atoms with Crippen molar-refractivity contribution in [2.75, 3.05) is 39.6 Å². The van der Waals surface area contributed by atoms with E-state index in [1.165, 1.54) is 199 Å². The maximum absolute atomic E-state index is 13.1. The van der Waals surface area contributed by atoms with Gasteiger partial charge >= 0.3 is 39.5 Å². The van der Waals surface area contributed by atoms with Crippen LogP contribution in [0.4, 0.5) is 0 Å². The molecule has 0 spiro atoms. The summed E-state index contributed by atoms with van der Waals surface area (Å²) < 4.78 is 68.4. The zero-order valence-corrected chi connectivity index (χ0v) is 63.8. The first kappa shape index (κ1) is 93.1. The van der Waals surface area contributed by atoms with Gasteiger partial charge in [0.25, 0.3) is 0 Å². The number of hydrogen-bond donors (Lipinski definition) is 3. The van der Waals surface area contributed by atoms with Crippen molar-refractivity contribution in [2.45, 2.75) is 413 Å². The lowest BCUT2D eigenvalue weighted by molar-refractivity contribution is -0.161. The summed E-state index contributed by atoms with van der Waals surface area (Å²) in [5.74, 6) is -0.546. The predicted molar refractivity (Wildman–Crippen MR) is 386 cm³/mol. The van der Waals surface area contributed by atoms with E-state index in [-0.39, 0.29) is 25.7 Å². The molecule has 19 heteroatoms. The molecule has 0 fully saturated rings. The molecule has 95 heavy (non-hydrogen) atoms. The van der Waals surface area contributed by atoms with Gasteiger partial charge in [0, 0.05) is 25.7 Å². The molecule has 0 amide bonds. The second kappa shape index (κ2) is 67.9. The van der Waals surface area contributed by atoms with Gasteiger partial charge in [0.15, 0.2) is 12.2 Å². The molecular weight excluding hydrogens is 1250 g/mol. The number of phosphoric ester groups is 2. The molecule has 0 saturated heterocycles. The molecule has 0 heterocycles. The van der Waals surface area contributed by atoms with Crippen molar-refractivity contribution in [3.63, 3.8) is 0 Å². The molecule has 0 aliphatic rings. The van der Waals surface area contributed by atoms with Crippen LogP contribution in [0, 0.1) is 11.8 Å². The van der Waals surface area contributed by atoms with Gasteiger partial charge in [-0.2, -0.15) is 0 Å². The number of carbonyl (C=O) groups is 4.